The van der Waals surface area contributed by atoms with Crippen LogP contribution < -0.4 is 5.32 Å². The second kappa shape index (κ2) is 6.81. The number of rotatable bonds is 4. The molecule has 0 spiro atoms. The number of hydrogen-bond donors (Lipinski definition) is 1. The van der Waals surface area contributed by atoms with Crippen LogP contribution in [-0.4, -0.2) is 30.6 Å². The number of fused-ring (bicyclic) bond motifs is 1. The van der Waals surface area contributed by atoms with E-state index in [1.165, 1.54) is 12.0 Å². The van der Waals surface area contributed by atoms with Gasteiger partial charge in [-0.15, -0.1) is 6.58 Å². The molecular formula is C20H20N2O3. The van der Waals surface area contributed by atoms with E-state index >= 15 is 0 Å². The maximum absolute atomic E-state index is 12.5. The number of nitrogens with one attached hydrogen (secondary N) is 1. The maximum atomic E-state index is 12.5. The highest BCUT2D eigenvalue weighted by molar-refractivity contribution is 5.95. The number of allylic oxidation sites excluding steroid dienone is 1. The van der Waals surface area contributed by atoms with Crippen molar-refractivity contribution < 1.29 is 14.3 Å². The van der Waals surface area contributed by atoms with Crippen LogP contribution in [0.5, 0.6) is 0 Å². The Morgan fingerprint density at radius 2 is 2.00 bits per heavy atom. The van der Waals surface area contributed by atoms with Crippen LogP contribution in [0.4, 0.5) is 4.79 Å². The number of benzene rings is 2. The number of hydrogen-bond acceptors (Lipinski definition) is 3. The van der Waals surface area contributed by atoms with Gasteiger partial charge >= 0.3 is 12.0 Å². The first-order valence-electron chi connectivity index (χ1n) is 8.03. The van der Waals surface area contributed by atoms with E-state index in [-0.39, 0.29) is 6.03 Å². The number of urea groups is 1. The first-order valence-corrected chi connectivity index (χ1v) is 8.03. The monoisotopic (exact) mass is 336 g/mol. The van der Waals surface area contributed by atoms with Gasteiger partial charge in [0, 0.05) is 12.2 Å². The number of nitrogens with zero attached hydrogens (tertiary/aromatic N) is 1. The van der Waals surface area contributed by atoms with Gasteiger partial charge in [-0.05, 0) is 29.3 Å². The topological polar surface area (TPSA) is 58.6 Å². The number of methoxy groups -OCH3 is 1. The lowest BCUT2D eigenvalue weighted by atomic mass is 9.93. The first kappa shape index (κ1) is 16.8. The summed E-state index contributed by atoms with van der Waals surface area (Å²) < 4.78 is 4.96. The van der Waals surface area contributed by atoms with Crippen molar-refractivity contribution in [2.75, 3.05) is 13.7 Å². The zero-order valence-corrected chi connectivity index (χ0v) is 14.3. The Labute approximate surface area is 146 Å². The Morgan fingerprint density at radius 1 is 1.28 bits per heavy atom. The van der Waals surface area contributed by atoms with Gasteiger partial charge in [0.15, 0.2) is 0 Å². The summed E-state index contributed by atoms with van der Waals surface area (Å²) in [5.74, 6) is -0.454. The van der Waals surface area contributed by atoms with Crippen molar-refractivity contribution in [2.24, 2.45) is 0 Å². The van der Waals surface area contributed by atoms with Crippen LogP contribution in [0, 0.1) is 0 Å². The van der Waals surface area contributed by atoms with Crippen molar-refractivity contribution >= 4 is 22.8 Å². The molecule has 0 fully saturated rings. The predicted octanol–water partition coefficient (Wildman–Crippen LogP) is 3.54. The summed E-state index contributed by atoms with van der Waals surface area (Å²) in [5.41, 5.74) is 1.85. The number of amides is 2. The Hall–Kier alpha value is -3.08. The van der Waals surface area contributed by atoms with Crippen molar-refractivity contribution in [2.45, 2.75) is 13.0 Å². The molecule has 2 amide bonds. The van der Waals surface area contributed by atoms with E-state index in [0.717, 1.165) is 16.3 Å². The number of ether oxygens (including phenoxy) is 1. The Bertz CT molecular complexity index is 885. The molecule has 1 atom stereocenters. The zero-order valence-electron chi connectivity index (χ0n) is 14.3. The smallest absolute Gasteiger partial charge is 0.337 e. The average molecular weight is 336 g/mol. The molecule has 1 heterocycles. The molecule has 0 radical (unpaired) electrons. The maximum Gasteiger partial charge on any atom is 0.337 e. The molecule has 2 aromatic carbocycles. The quantitative estimate of drug-likeness (QED) is 0.686. The molecule has 1 N–H and O–H groups in total. The predicted molar refractivity (Wildman–Crippen MR) is 96.8 cm³/mol. The second-order valence-electron chi connectivity index (χ2n) is 5.88. The van der Waals surface area contributed by atoms with E-state index in [1.54, 1.807) is 13.0 Å². The minimum atomic E-state index is -0.550. The van der Waals surface area contributed by atoms with Crippen LogP contribution in [0.3, 0.4) is 0 Å². The minimum absolute atomic E-state index is 0.261. The van der Waals surface area contributed by atoms with Gasteiger partial charge in [-0.1, -0.05) is 42.5 Å². The third kappa shape index (κ3) is 3.01. The van der Waals surface area contributed by atoms with E-state index in [9.17, 15) is 9.59 Å². The van der Waals surface area contributed by atoms with Crippen molar-refractivity contribution in [3.05, 3.63) is 72.0 Å². The van der Waals surface area contributed by atoms with Crippen LogP contribution in [0.15, 0.2) is 66.4 Å². The van der Waals surface area contributed by atoms with Crippen molar-refractivity contribution in [1.82, 2.24) is 10.2 Å². The van der Waals surface area contributed by atoms with E-state index in [4.69, 9.17) is 4.74 Å². The molecule has 0 unspecified atom stereocenters. The summed E-state index contributed by atoms with van der Waals surface area (Å²) >= 11 is 0. The third-order valence-electron chi connectivity index (χ3n) is 4.42. The fourth-order valence-electron chi connectivity index (χ4n) is 3.14. The number of esters is 1. The average Bonchev–Trinajstić information content (AvgIpc) is 2.63. The van der Waals surface area contributed by atoms with Gasteiger partial charge in [0.2, 0.25) is 0 Å². The molecule has 1 aliphatic rings. The molecule has 5 heteroatoms. The molecule has 0 aliphatic carbocycles. The third-order valence-corrected chi connectivity index (χ3v) is 4.42. The lowest BCUT2D eigenvalue weighted by Crippen LogP contribution is -2.47. The van der Waals surface area contributed by atoms with E-state index in [2.05, 4.69) is 11.9 Å². The SMILES string of the molecule is C=CCN1C(=O)N[C@H](c2ccc3ccccc3c2)C(C(=O)OC)=C1C. The lowest BCUT2D eigenvalue weighted by molar-refractivity contribution is -0.136. The van der Waals surface area contributed by atoms with Crippen LogP contribution in [0.1, 0.15) is 18.5 Å². The molecule has 25 heavy (non-hydrogen) atoms. The Morgan fingerprint density at radius 3 is 2.68 bits per heavy atom. The van der Waals surface area contributed by atoms with Gasteiger partial charge in [0.1, 0.15) is 0 Å². The summed E-state index contributed by atoms with van der Waals surface area (Å²) in [4.78, 5) is 26.4. The van der Waals surface area contributed by atoms with Gasteiger partial charge in [-0.2, -0.15) is 0 Å². The molecule has 0 saturated heterocycles. The molecule has 2 aromatic rings. The second-order valence-corrected chi connectivity index (χ2v) is 5.88. The van der Waals surface area contributed by atoms with Crippen molar-refractivity contribution in [3.63, 3.8) is 0 Å². The Kier molecular flexibility index (Phi) is 4.57. The van der Waals surface area contributed by atoms with Gasteiger partial charge in [-0.3, -0.25) is 4.90 Å². The Balaban J connectivity index is 2.12. The number of carbonyl (C=O) groups is 2. The molecule has 5 nitrogen and oxygen atoms in total. The van der Waals surface area contributed by atoms with Crippen LogP contribution >= 0.6 is 0 Å². The highest BCUT2D eigenvalue weighted by atomic mass is 16.5. The first-order chi connectivity index (χ1) is 12.1. The molecule has 0 aromatic heterocycles. The van der Waals surface area contributed by atoms with Gasteiger partial charge in [0.25, 0.3) is 0 Å². The van der Waals surface area contributed by atoms with E-state index in [0.29, 0.717) is 17.8 Å². The van der Waals surface area contributed by atoms with Crippen LogP contribution in [0.25, 0.3) is 10.8 Å². The summed E-state index contributed by atoms with van der Waals surface area (Å²) in [6.07, 6.45) is 1.62. The highest BCUT2D eigenvalue weighted by Crippen LogP contribution is 2.32. The molecule has 3 rings (SSSR count). The molecule has 0 bridgehead atoms. The van der Waals surface area contributed by atoms with Gasteiger partial charge < -0.3 is 10.1 Å². The van der Waals surface area contributed by atoms with E-state index in [1.807, 2.05) is 42.5 Å². The fraction of sp³-hybridized carbons (Fsp3) is 0.200. The fourth-order valence-corrected chi connectivity index (χ4v) is 3.14. The van der Waals surface area contributed by atoms with Crippen molar-refractivity contribution in [3.8, 4) is 0 Å². The summed E-state index contributed by atoms with van der Waals surface area (Å²) in [6, 6.07) is 13.0. The molecule has 1 aliphatic heterocycles. The van der Waals surface area contributed by atoms with Gasteiger partial charge in [-0.25, -0.2) is 9.59 Å². The lowest BCUT2D eigenvalue weighted by Gasteiger charge is -2.34. The minimum Gasteiger partial charge on any atom is -0.466 e. The molecule has 0 saturated carbocycles. The molecular weight excluding hydrogens is 316 g/mol. The highest BCUT2D eigenvalue weighted by Gasteiger charge is 2.35. The van der Waals surface area contributed by atoms with Gasteiger partial charge in [0.05, 0.1) is 18.7 Å². The largest absolute Gasteiger partial charge is 0.466 e. The zero-order chi connectivity index (χ0) is 18.0. The van der Waals surface area contributed by atoms with Crippen molar-refractivity contribution in [1.29, 1.82) is 0 Å². The standard InChI is InChI=1S/C20H20N2O3/c1-4-11-22-13(2)17(19(23)25-3)18(21-20(22)24)16-10-9-14-7-5-6-8-15(14)12-16/h4-10,12,18H,1,11H2,2-3H3,(H,21,24)/t18-/m1/s1. The summed E-state index contributed by atoms with van der Waals surface area (Å²) in [6.45, 7) is 5.74. The normalized spacial score (nSPS) is 17.4. The van der Waals surface area contributed by atoms with Crippen LogP contribution in [0.2, 0.25) is 0 Å². The summed E-state index contributed by atoms with van der Waals surface area (Å²) in [5, 5.41) is 5.05. The number of carbonyl (C=O) groups excluding carboxylic acids is 2. The molecule has 128 valence electrons. The van der Waals surface area contributed by atoms with Crippen LogP contribution in [-0.2, 0) is 9.53 Å². The summed E-state index contributed by atoms with van der Waals surface area (Å²) in [7, 11) is 1.34. The van der Waals surface area contributed by atoms with E-state index < -0.39 is 12.0 Å².